The number of amides is 2. The van der Waals surface area contributed by atoms with Crippen LogP contribution in [0.2, 0.25) is 0 Å². The number of aromatic nitrogens is 3. The molecule has 0 fully saturated rings. The molecule has 3 heterocycles. The number of nitrogens with two attached hydrogens (primary N) is 1. The SMILES string of the molecule is CCCn1c(-c2nc(C(=O)Nc3nc(CC(N)=O)cs3)cs2)cc2ccccc21. The molecule has 9 heteroatoms. The summed E-state index contributed by atoms with van der Waals surface area (Å²) in [6.45, 7) is 3.02. The number of aryl methyl sites for hydroxylation is 1. The van der Waals surface area contributed by atoms with Crippen LogP contribution in [0.5, 0.6) is 0 Å². The lowest BCUT2D eigenvalue weighted by molar-refractivity contribution is -0.117. The number of para-hydroxylation sites is 1. The maximum absolute atomic E-state index is 12.6. The average Bonchev–Trinajstić information content (AvgIpc) is 3.41. The van der Waals surface area contributed by atoms with E-state index in [4.69, 9.17) is 5.73 Å². The van der Waals surface area contributed by atoms with Gasteiger partial charge in [-0.15, -0.1) is 22.7 Å². The van der Waals surface area contributed by atoms with Crippen molar-refractivity contribution in [3.8, 4) is 10.7 Å². The van der Waals surface area contributed by atoms with E-state index >= 15 is 0 Å². The fraction of sp³-hybridized carbons (Fsp3) is 0.200. The van der Waals surface area contributed by atoms with Gasteiger partial charge in [-0.1, -0.05) is 25.1 Å². The first-order chi connectivity index (χ1) is 14.0. The number of nitrogens with one attached hydrogen (secondary N) is 1. The quantitative estimate of drug-likeness (QED) is 0.468. The number of anilines is 1. The summed E-state index contributed by atoms with van der Waals surface area (Å²) >= 11 is 2.69. The summed E-state index contributed by atoms with van der Waals surface area (Å²) < 4.78 is 2.24. The highest BCUT2D eigenvalue weighted by Crippen LogP contribution is 2.31. The molecule has 29 heavy (non-hydrogen) atoms. The molecule has 2 amide bonds. The molecule has 7 nitrogen and oxygen atoms in total. The van der Waals surface area contributed by atoms with E-state index in [0.717, 1.165) is 34.6 Å². The van der Waals surface area contributed by atoms with Gasteiger partial charge in [-0.25, -0.2) is 9.97 Å². The lowest BCUT2D eigenvalue weighted by Crippen LogP contribution is -2.14. The highest BCUT2D eigenvalue weighted by Gasteiger charge is 2.17. The molecule has 0 radical (unpaired) electrons. The Bertz CT molecular complexity index is 1190. The Morgan fingerprint density at radius 3 is 2.79 bits per heavy atom. The van der Waals surface area contributed by atoms with E-state index < -0.39 is 5.91 Å². The van der Waals surface area contributed by atoms with E-state index in [1.54, 1.807) is 10.8 Å². The summed E-state index contributed by atoms with van der Waals surface area (Å²) in [7, 11) is 0. The summed E-state index contributed by atoms with van der Waals surface area (Å²) in [6.07, 6.45) is 1.05. The Morgan fingerprint density at radius 2 is 2.00 bits per heavy atom. The molecule has 148 valence electrons. The van der Waals surface area contributed by atoms with Crippen LogP contribution in [0.15, 0.2) is 41.1 Å². The third-order valence-corrected chi connectivity index (χ3v) is 6.01. The molecule has 4 aromatic rings. The van der Waals surface area contributed by atoms with Gasteiger partial charge in [0.05, 0.1) is 17.8 Å². The molecular weight excluding hydrogens is 406 g/mol. The standard InChI is InChI=1S/C20H19N5O2S2/c1-2-7-25-15-6-4-3-5-12(15)8-16(25)19-23-14(11-28-19)18(27)24-20-22-13(10-29-20)9-17(21)26/h3-6,8,10-11H,2,7,9H2,1H3,(H2,21,26)(H,22,24,27). The highest BCUT2D eigenvalue weighted by atomic mass is 32.1. The van der Waals surface area contributed by atoms with Gasteiger partial charge in [0.2, 0.25) is 5.91 Å². The Morgan fingerprint density at radius 1 is 1.17 bits per heavy atom. The number of nitrogens with zero attached hydrogens (tertiary/aromatic N) is 3. The number of carbonyl (C=O) groups is 2. The van der Waals surface area contributed by atoms with E-state index in [-0.39, 0.29) is 12.3 Å². The van der Waals surface area contributed by atoms with E-state index in [0.29, 0.717) is 16.5 Å². The molecule has 0 bridgehead atoms. The largest absolute Gasteiger partial charge is 0.369 e. The lowest BCUT2D eigenvalue weighted by atomic mass is 10.2. The molecule has 4 rings (SSSR count). The monoisotopic (exact) mass is 425 g/mol. The smallest absolute Gasteiger partial charge is 0.276 e. The number of hydrogen-bond donors (Lipinski definition) is 2. The van der Waals surface area contributed by atoms with Crippen LogP contribution in [0.3, 0.4) is 0 Å². The van der Waals surface area contributed by atoms with Gasteiger partial charge in [-0.3, -0.25) is 14.9 Å². The second-order valence-corrected chi connectivity index (χ2v) is 8.24. The number of carbonyl (C=O) groups excluding carboxylic acids is 2. The number of hydrogen-bond acceptors (Lipinski definition) is 6. The first-order valence-corrected chi connectivity index (χ1v) is 10.9. The normalized spacial score (nSPS) is 11.1. The zero-order valence-corrected chi connectivity index (χ0v) is 17.3. The van der Waals surface area contributed by atoms with E-state index in [2.05, 4.69) is 45.0 Å². The van der Waals surface area contributed by atoms with E-state index in [1.807, 2.05) is 12.1 Å². The topological polar surface area (TPSA) is 103 Å². The maximum Gasteiger partial charge on any atom is 0.276 e. The van der Waals surface area contributed by atoms with Gasteiger partial charge >= 0.3 is 0 Å². The number of fused-ring (bicyclic) bond motifs is 1. The third kappa shape index (κ3) is 4.06. The molecule has 0 spiro atoms. The van der Waals surface area contributed by atoms with Gasteiger partial charge in [0.25, 0.3) is 5.91 Å². The van der Waals surface area contributed by atoms with Crippen LogP contribution >= 0.6 is 22.7 Å². The number of benzene rings is 1. The Kier molecular flexibility index (Phi) is 5.41. The van der Waals surface area contributed by atoms with Crippen LogP contribution in [0.4, 0.5) is 5.13 Å². The van der Waals surface area contributed by atoms with Crippen LogP contribution in [-0.4, -0.2) is 26.3 Å². The minimum absolute atomic E-state index is 0.0508. The van der Waals surface area contributed by atoms with Crippen LogP contribution in [0, 0.1) is 0 Å². The van der Waals surface area contributed by atoms with Crippen molar-refractivity contribution in [2.24, 2.45) is 5.73 Å². The van der Waals surface area contributed by atoms with Gasteiger partial charge in [0.15, 0.2) is 5.13 Å². The summed E-state index contributed by atoms with van der Waals surface area (Å²) in [5.74, 6) is -0.787. The summed E-state index contributed by atoms with van der Waals surface area (Å²) in [6, 6.07) is 10.3. The first-order valence-electron chi connectivity index (χ1n) is 9.13. The van der Waals surface area contributed by atoms with Gasteiger partial charge in [0, 0.05) is 28.2 Å². The van der Waals surface area contributed by atoms with Crippen molar-refractivity contribution in [1.82, 2.24) is 14.5 Å². The van der Waals surface area contributed by atoms with Crippen LogP contribution in [0.25, 0.3) is 21.6 Å². The molecule has 0 atom stereocenters. The molecule has 3 aromatic heterocycles. The van der Waals surface area contributed by atoms with Crippen LogP contribution < -0.4 is 11.1 Å². The second kappa shape index (κ2) is 8.14. The van der Waals surface area contributed by atoms with Crippen LogP contribution in [0.1, 0.15) is 29.5 Å². The first kappa shape index (κ1) is 19.3. The van der Waals surface area contributed by atoms with Crippen molar-refractivity contribution >= 4 is 50.5 Å². The fourth-order valence-corrected chi connectivity index (χ4v) is 4.66. The third-order valence-electron chi connectivity index (χ3n) is 4.34. The predicted octanol–water partition coefficient (Wildman–Crippen LogP) is 3.91. The fourth-order valence-electron chi connectivity index (χ4n) is 3.13. The molecule has 0 aliphatic rings. The zero-order chi connectivity index (χ0) is 20.4. The van der Waals surface area contributed by atoms with Crippen molar-refractivity contribution < 1.29 is 9.59 Å². The molecule has 3 N–H and O–H groups in total. The Hall–Kier alpha value is -3.04. The summed E-state index contributed by atoms with van der Waals surface area (Å²) in [4.78, 5) is 32.3. The Labute approximate surface area is 175 Å². The summed E-state index contributed by atoms with van der Waals surface area (Å²) in [5.41, 5.74) is 8.23. The van der Waals surface area contributed by atoms with Gasteiger partial charge in [-0.05, 0) is 18.6 Å². The molecule has 0 aliphatic carbocycles. The van der Waals surface area contributed by atoms with Crippen molar-refractivity contribution in [2.75, 3.05) is 5.32 Å². The summed E-state index contributed by atoms with van der Waals surface area (Å²) in [5, 5.41) is 8.56. The lowest BCUT2D eigenvalue weighted by Gasteiger charge is -2.07. The van der Waals surface area contributed by atoms with Crippen molar-refractivity contribution in [3.63, 3.8) is 0 Å². The second-order valence-electron chi connectivity index (χ2n) is 6.52. The highest BCUT2D eigenvalue weighted by molar-refractivity contribution is 7.14. The van der Waals surface area contributed by atoms with E-state index in [9.17, 15) is 9.59 Å². The van der Waals surface area contributed by atoms with Crippen molar-refractivity contribution in [2.45, 2.75) is 26.3 Å². The zero-order valence-electron chi connectivity index (χ0n) is 15.7. The molecule has 0 saturated heterocycles. The molecule has 1 aromatic carbocycles. The molecule has 0 unspecified atom stereocenters. The molecule has 0 aliphatic heterocycles. The van der Waals surface area contributed by atoms with Gasteiger partial charge in [0.1, 0.15) is 10.7 Å². The average molecular weight is 426 g/mol. The number of rotatable bonds is 7. The number of thiazole rings is 2. The van der Waals surface area contributed by atoms with Crippen LogP contribution in [-0.2, 0) is 17.8 Å². The van der Waals surface area contributed by atoms with Crippen molar-refractivity contribution in [1.29, 1.82) is 0 Å². The maximum atomic E-state index is 12.6. The predicted molar refractivity (Wildman–Crippen MR) is 116 cm³/mol. The van der Waals surface area contributed by atoms with Crippen molar-refractivity contribution in [3.05, 3.63) is 52.5 Å². The molecule has 0 saturated carbocycles. The van der Waals surface area contributed by atoms with Gasteiger partial charge in [-0.2, -0.15) is 0 Å². The Balaban J connectivity index is 1.57. The number of primary amides is 1. The van der Waals surface area contributed by atoms with Gasteiger partial charge < -0.3 is 10.3 Å². The minimum atomic E-state index is -0.459. The molecular formula is C20H19N5O2S2. The minimum Gasteiger partial charge on any atom is -0.369 e. The van der Waals surface area contributed by atoms with E-state index in [1.165, 1.54) is 22.7 Å².